The van der Waals surface area contributed by atoms with Crippen LogP contribution in [0.15, 0.2) is 34.8 Å². The van der Waals surface area contributed by atoms with Crippen LogP contribution >= 0.6 is 35.3 Å². The smallest absolute Gasteiger partial charge is 0.194 e. The Bertz CT molecular complexity index is 682. The van der Waals surface area contributed by atoms with Gasteiger partial charge < -0.3 is 15.1 Å². The highest BCUT2D eigenvalue weighted by molar-refractivity contribution is 14.0. The minimum atomic E-state index is 0. The van der Waals surface area contributed by atoms with Crippen LogP contribution in [0.2, 0.25) is 0 Å². The van der Waals surface area contributed by atoms with E-state index in [4.69, 9.17) is 4.99 Å². The number of aliphatic imine (C=N–C) groups is 1. The molecule has 2 aromatic heterocycles. The van der Waals surface area contributed by atoms with E-state index in [0.717, 1.165) is 56.6 Å². The fourth-order valence-electron chi connectivity index (χ4n) is 2.85. The van der Waals surface area contributed by atoms with E-state index in [1.165, 1.54) is 5.01 Å². The van der Waals surface area contributed by atoms with Gasteiger partial charge in [-0.2, -0.15) is 0 Å². The molecule has 1 N–H and O–H groups in total. The van der Waals surface area contributed by atoms with E-state index in [0.29, 0.717) is 6.54 Å². The summed E-state index contributed by atoms with van der Waals surface area (Å²) < 4.78 is 0. The van der Waals surface area contributed by atoms with Crippen LogP contribution in [0.25, 0.3) is 0 Å². The molecule has 1 aliphatic rings. The third kappa shape index (κ3) is 5.54. The lowest BCUT2D eigenvalue weighted by molar-refractivity contribution is 0.371. The molecular formula is C18H27IN6S. The maximum Gasteiger partial charge on any atom is 0.194 e. The van der Waals surface area contributed by atoms with Crippen LogP contribution in [0.3, 0.4) is 0 Å². The number of halogens is 1. The predicted octanol–water partition coefficient (Wildman–Crippen LogP) is 3.01. The molecule has 0 unspecified atom stereocenters. The van der Waals surface area contributed by atoms with E-state index < -0.39 is 0 Å². The standard InChI is InChI=1S/C18H26N6S.HI/c1-3-17-22-15(14-25-17)13-21-18(19-4-2)24-11-9-23(10-12-24)16-7-5-6-8-20-16;/h5-8,14H,3-4,9-13H2,1-2H3,(H,19,21);1H. The van der Waals surface area contributed by atoms with Crippen molar-refractivity contribution in [1.82, 2.24) is 20.2 Å². The second-order valence-electron chi connectivity index (χ2n) is 5.92. The number of aromatic nitrogens is 2. The molecule has 0 bridgehead atoms. The number of hydrogen-bond acceptors (Lipinski definition) is 5. The summed E-state index contributed by atoms with van der Waals surface area (Å²) in [6.45, 7) is 9.56. The summed E-state index contributed by atoms with van der Waals surface area (Å²) in [6.07, 6.45) is 2.84. The van der Waals surface area contributed by atoms with Crippen molar-refractivity contribution in [2.45, 2.75) is 26.8 Å². The zero-order valence-corrected chi connectivity index (χ0v) is 18.5. The number of piperazine rings is 1. The van der Waals surface area contributed by atoms with Gasteiger partial charge in [-0.15, -0.1) is 35.3 Å². The fraction of sp³-hybridized carbons (Fsp3) is 0.500. The minimum Gasteiger partial charge on any atom is -0.357 e. The Hall–Kier alpha value is -1.42. The van der Waals surface area contributed by atoms with E-state index in [1.807, 2.05) is 18.3 Å². The van der Waals surface area contributed by atoms with Gasteiger partial charge in [-0.25, -0.2) is 15.0 Å². The molecule has 0 aromatic carbocycles. The minimum absolute atomic E-state index is 0. The average molecular weight is 486 g/mol. The first-order chi connectivity index (χ1) is 12.3. The third-order valence-corrected chi connectivity index (χ3v) is 5.22. The highest BCUT2D eigenvalue weighted by atomic mass is 127. The van der Waals surface area contributed by atoms with E-state index in [1.54, 1.807) is 11.3 Å². The number of rotatable bonds is 5. The molecule has 142 valence electrons. The second-order valence-corrected chi connectivity index (χ2v) is 6.86. The first-order valence-corrected chi connectivity index (χ1v) is 9.80. The molecule has 2 aromatic rings. The zero-order chi connectivity index (χ0) is 17.5. The summed E-state index contributed by atoms with van der Waals surface area (Å²) in [7, 11) is 0. The highest BCUT2D eigenvalue weighted by Gasteiger charge is 2.20. The number of thiazole rings is 1. The van der Waals surface area contributed by atoms with Crippen molar-refractivity contribution in [3.8, 4) is 0 Å². The molecule has 6 nitrogen and oxygen atoms in total. The van der Waals surface area contributed by atoms with Crippen LogP contribution in [-0.4, -0.2) is 53.6 Å². The molecule has 1 aliphatic heterocycles. The van der Waals surface area contributed by atoms with E-state index in [-0.39, 0.29) is 24.0 Å². The summed E-state index contributed by atoms with van der Waals surface area (Å²) in [5.74, 6) is 2.04. The van der Waals surface area contributed by atoms with Gasteiger partial charge in [0.15, 0.2) is 5.96 Å². The molecule has 8 heteroatoms. The monoisotopic (exact) mass is 486 g/mol. The van der Waals surface area contributed by atoms with Gasteiger partial charge in [0.2, 0.25) is 0 Å². The number of anilines is 1. The number of aryl methyl sites for hydroxylation is 1. The second kappa shape index (κ2) is 10.7. The van der Waals surface area contributed by atoms with Crippen molar-refractivity contribution in [3.63, 3.8) is 0 Å². The molecule has 0 atom stereocenters. The summed E-state index contributed by atoms with van der Waals surface area (Å²) in [5, 5.41) is 6.71. The number of nitrogens with one attached hydrogen (secondary N) is 1. The first kappa shape index (κ1) is 20.9. The van der Waals surface area contributed by atoms with Gasteiger partial charge >= 0.3 is 0 Å². The molecule has 1 saturated heterocycles. The Morgan fingerprint density at radius 3 is 2.65 bits per heavy atom. The van der Waals surface area contributed by atoms with E-state index >= 15 is 0 Å². The molecule has 1 fully saturated rings. The number of pyridine rings is 1. The Morgan fingerprint density at radius 2 is 2.04 bits per heavy atom. The Balaban J connectivity index is 0.00000243. The Labute approximate surface area is 176 Å². The number of hydrogen-bond donors (Lipinski definition) is 1. The summed E-state index contributed by atoms with van der Waals surface area (Å²) in [4.78, 5) is 18.5. The largest absolute Gasteiger partial charge is 0.357 e. The topological polar surface area (TPSA) is 56.7 Å². The van der Waals surface area contributed by atoms with Crippen LogP contribution < -0.4 is 10.2 Å². The maximum absolute atomic E-state index is 4.79. The summed E-state index contributed by atoms with van der Waals surface area (Å²) in [6, 6.07) is 6.07. The van der Waals surface area contributed by atoms with Gasteiger partial charge in [-0.1, -0.05) is 13.0 Å². The van der Waals surface area contributed by atoms with Crippen molar-refractivity contribution < 1.29 is 0 Å². The lowest BCUT2D eigenvalue weighted by Gasteiger charge is -2.37. The lowest BCUT2D eigenvalue weighted by Crippen LogP contribution is -2.52. The number of nitrogens with zero attached hydrogens (tertiary/aromatic N) is 5. The zero-order valence-electron chi connectivity index (χ0n) is 15.4. The Morgan fingerprint density at radius 1 is 1.23 bits per heavy atom. The number of guanidine groups is 1. The highest BCUT2D eigenvalue weighted by Crippen LogP contribution is 2.14. The molecule has 0 radical (unpaired) electrons. The molecular weight excluding hydrogens is 459 g/mol. The molecule has 0 spiro atoms. The summed E-state index contributed by atoms with van der Waals surface area (Å²) in [5.41, 5.74) is 1.06. The van der Waals surface area contributed by atoms with Gasteiger partial charge in [0, 0.05) is 44.3 Å². The maximum atomic E-state index is 4.79. The van der Waals surface area contributed by atoms with Gasteiger partial charge in [-0.05, 0) is 25.5 Å². The van der Waals surface area contributed by atoms with Crippen molar-refractivity contribution >= 4 is 47.1 Å². The van der Waals surface area contributed by atoms with Crippen molar-refractivity contribution in [2.75, 3.05) is 37.6 Å². The van der Waals surface area contributed by atoms with Gasteiger partial charge in [0.25, 0.3) is 0 Å². The molecule has 0 aliphatic carbocycles. The van der Waals surface area contributed by atoms with Gasteiger partial charge in [-0.3, -0.25) is 0 Å². The van der Waals surface area contributed by atoms with Crippen LogP contribution in [0, 0.1) is 0 Å². The van der Waals surface area contributed by atoms with Crippen molar-refractivity contribution in [2.24, 2.45) is 4.99 Å². The molecule has 26 heavy (non-hydrogen) atoms. The normalized spacial score (nSPS) is 14.9. The van der Waals surface area contributed by atoms with E-state index in [2.05, 4.69) is 50.4 Å². The van der Waals surface area contributed by atoms with Crippen LogP contribution in [0.5, 0.6) is 0 Å². The molecule has 3 rings (SSSR count). The SMILES string of the molecule is CCNC(=NCc1csc(CC)n1)N1CCN(c2ccccn2)CC1.I. The van der Waals surface area contributed by atoms with Crippen LogP contribution in [-0.2, 0) is 13.0 Å². The summed E-state index contributed by atoms with van der Waals surface area (Å²) >= 11 is 1.72. The van der Waals surface area contributed by atoms with Gasteiger partial charge in [0.05, 0.1) is 17.2 Å². The lowest BCUT2D eigenvalue weighted by atomic mass is 10.3. The predicted molar refractivity (Wildman–Crippen MR) is 120 cm³/mol. The molecule has 3 heterocycles. The quantitative estimate of drug-likeness (QED) is 0.400. The van der Waals surface area contributed by atoms with Crippen molar-refractivity contribution in [3.05, 3.63) is 40.5 Å². The molecule has 0 amide bonds. The Kier molecular flexibility index (Phi) is 8.56. The van der Waals surface area contributed by atoms with Crippen LogP contribution in [0.1, 0.15) is 24.5 Å². The molecule has 0 saturated carbocycles. The van der Waals surface area contributed by atoms with E-state index in [9.17, 15) is 0 Å². The van der Waals surface area contributed by atoms with Gasteiger partial charge in [0.1, 0.15) is 5.82 Å². The third-order valence-electron chi connectivity index (χ3n) is 4.18. The van der Waals surface area contributed by atoms with Crippen molar-refractivity contribution in [1.29, 1.82) is 0 Å². The van der Waals surface area contributed by atoms with Crippen LogP contribution in [0.4, 0.5) is 5.82 Å². The first-order valence-electron chi connectivity index (χ1n) is 8.92. The fourth-order valence-corrected chi connectivity index (χ4v) is 3.59. The average Bonchev–Trinajstić information content (AvgIpc) is 3.14.